The van der Waals surface area contributed by atoms with E-state index < -0.39 is 12.0 Å². The lowest BCUT2D eigenvalue weighted by molar-refractivity contribution is -0.144. The van der Waals surface area contributed by atoms with E-state index >= 15 is 0 Å². The Labute approximate surface area is 90.0 Å². The summed E-state index contributed by atoms with van der Waals surface area (Å²) in [5.74, 6) is -0.936. The van der Waals surface area contributed by atoms with Crippen molar-refractivity contribution in [2.45, 2.75) is 19.1 Å². The van der Waals surface area contributed by atoms with E-state index in [0.29, 0.717) is 13.1 Å². The molecule has 0 bridgehead atoms. The normalized spacial score (nSPS) is 22.5. The second-order valence-corrected chi connectivity index (χ2v) is 3.78. The van der Waals surface area contributed by atoms with Crippen molar-refractivity contribution in [1.82, 2.24) is 20.5 Å². The minimum Gasteiger partial charge on any atom is -0.337 e. The van der Waals surface area contributed by atoms with E-state index in [1.165, 1.54) is 0 Å². The van der Waals surface area contributed by atoms with Gasteiger partial charge in [0, 0.05) is 25.7 Å². The minimum atomic E-state index is -4.47. The second-order valence-electron chi connectivity index (χ2n) is 3.78. The molecule has 16 heavy (non-hydrogen) atoms. The Morgan fingerprint density at radius 2 is 2.19 bits per heavy atom. The molecule has 1 aromatic heterocycles. The van der Waals surface area contributed by atoms with Crippen molar-refractivity contribution in [2.75, 3.05) is 24.5 Å². The Morgan fingerprint density at radius 1 is 1.44 bits per heavy atom. The average molecular weight is 235 g/mol. The fourth-order valence-electron chi connectivity index (χ4n) is 1.64. The fraction of sp³-hybridized carbons (Fsp3) is 0.750. The first kappa shape index (κ1) is 11.2. The minimum absolute atomic E-state index is 0.112. The maximum atomic E-state index is 12.3. The van der Waals surface area contributed by atoms with Gasteiger partial charge in [-0.2, -0.15) is 18.2 Å². The van der Waals surface area contributed by atoms with Crippen LogP contribution in [0.3, 0.4) is 0 Å². The number of piperazine rings is 1. The monoisotopic (exact) mass is 235 g/mol. The Morgan fingerprint density at radius 3 is 2.75 bits per heavy atom. The van der Waals surface area contributed by atoms with Gasteiger partial charge in [-0.05, 0) is 6.92 Å². The summed E-state index contributed by atoms with van der Waals surface area (Å²) in [5, 5.41) is 8.68. The molecule has 0 amide bonds. The van der Waals surface area contributed by atoms with Gasteiger partial charge in [0.25, 0.3) is 0 Å². The summed E-state index contributed by atoms with van der Waals surface area (Å²) in [4.78, 5) is 5.18. The molecule has 0 aliphatic carbocycles. The molecular weight excluding hydrogens is 223 g/mol. The molecule has 2 heterocycles. The first-order chi connectivity index (χ1) is 7.47. The van der Waals surface area contributed by atoms with Gasteiger partial charge < -0.3 is 10.2 Å². The van der Waals surface area contributed by atoms with Gasteiger partial charge in [0.1, 0.15) is 0 Å². The molecule has 1 unspecified atom stereocenters. The number of nitrogens with zero attached hydrogens (tertiary/aromatic N) is 3. The lowest BCUT2D eigenvalue weighted by atomic mass is 10.2. The van der Waals surface area contributed by atoms with Crippen LogP contribution in [0.15, 0.2) is 0 Å². The molecule has 0 aromatic carbocycles. The zero-order chi connectivity index (χ0) is 11.8. The summed E-state index contributed by atoms with van der Waals surface area (Å²) in [6.45, 7) is 3.90. The maximum Gasteiger partial charge on any atom is 0.451 e. The van der Waals surface area contributed by atoms with Crippen LogP contribution in [-0.4, -0.2) is 40.9 Å². The summed E-state index contributed by atoms with van der Waals surface area (Å²) in [6.07, 6.45) is -4.47. The third kappa shape index (κ3) is 2.26. The molecular formula is C8H12F3N5. The van der Waals surface area contributed by atoms with Gasteiger partial charge in [-0.1, -0.05) is 0 Å². The van der Waals surface area contributed by atoms with Crippen molar-refractivity contribution in [3.8, 4) is 0 Å². The third-order valence-corrected chi connectivity index (χ3v) is 2.39. The number of aromatic amines is 1. The van der Waals surface area contributed by atoms with E-state index in [1.54, 1.807) is 4.90 Å². The largest absolute Gasteiger partial charge is 0.451 e. The van der Waals surface area contributed by atoms with Gasteiger partial charge >= 0.3 is 6.18 Å². The molecule has 1 fully saturated rings. The molecule has 1 aliphatic rings. The van der Waals surface area contributed by atoms with E-state index in [9.17, 15) is 13.2 Å². The summed E-state index contributed by atoms with van der Waals surface area (Å²) in [6, 6.07) is 0.224. The van der Waals surface area contributed by atoms with Crippen molar-refractivity contribution in [3.63, 3.8) is 0 Å². The van der Waals surface area contributed by atoms with Crippen LogP contribution in [0.5, 0.6) is 0 Å². The Bertz CT molecular complexity index is 361. The molecule has 0 radical (unpaired) electrons. The van der Waals surface area contributed by atoms with Crippen LogP contribution < -0.4 is 10.2 Å². The predicted molar refractivity (Wildman–Crippen MR) is 51.1 cm³/mol. The number of nitrogens with one attached hydrogen (secondary N) is 2. The van der Waals surface area contributed by atoms with Crippen LogP contribution in [0.25, 0.3) is 0 Å². The van der Waals surface area contributed by atoms with Crippen molar-refractivity contribution in [1.29, 1.82) is 0 Å². The number of aromatic nitrogens is 3. The SMILES string of the molecule is CC1CN(c2n[nH]c(C(F)(F)F)n2)CCN1. The molecule has 1 aliphatic heterocycles. The van der Waals surface area contributed by atoms with Gasteiger partial charge in [0.05, 0.1) is 0 Å². The van der Waals surface area contributed by atoms with Crippen LogP contribution in [0.2, 0.25) is 0 Å². The Hall–Kier alpha value is -1.31. The number of hydrogen-bond acceptors (Lipinski definition) is 4. The van der Waals surface area contributed by atoms with E-state index in [1.807, 2.05) is 12.0 Å². The molecule has 2 N–H and O–H groups in total. The number of halogens is 3. The highest BCUT2D eigenvalue weighted by Crippen LogP contribution is 2.27. The lowest BCUT2D eigenvalue weighted by Gasteiger charge is -2.30. The molecule has 1 aromatic rings. The van der Waals surface area contributed by atoms with E-state index in [0.717, 1.165) is 6.54 Å². The molecule has 1 atom stereocenters. The smallest absolute Gasteiger partial charge is 0.337 e. The van der Waals surface area contributed by atoms with E-state index in [-0.39, 0.29) is 12.0 Å². The van der Waals surface area contributed by atoms with Crippen LogP contribution >= 0.6 is 0 Å². The Kier molecular flexibility index (Phi) is 2.75. The van der Waals surface area contributed by atoms with Crippen molar-refractivity contribution in [2.24, 2.45) is 0 Å². The van der Waals surface area contributed by atoms with Crippen molar-refractivity contribution in [3.05, 3.63) is 5.82 Å². The molecule has 90 valence electrons. The third-order valence-electron chi connectivity index (χ3n) is 2.39. The fourth-order valence-corrected chi connectivity index (χ4v) is 1.64. The highest BCUT2D eigenvalue weighted by molar-refractivity contribution is 5.30. The topological polar surface area (TPSA) is 56.8 Å². The zero-order valence-electron chi connectivity index (χ0n) is 8.67. The average Bonchev–Trinajstić information content (AvgIpc) is 2.65. The van der Waals surface area contributed by atoms with Gasteiger partial charge in [-0.3, -0.25) is 5.10 Å². The molecule has 5 nitrogen and oxygen atoms in total. The van der Waals surface area contributed by atoms with Crippen LogP contribution in [0, 0.1) is 0 Å². The number of anilines is 1. The van der Waals surface area contributed by atoms with Crippen LogP contribution in [0.4, 0.5) is 19.1 Å². The quantitative estimate of drug-likeness (QED) is 0.749. The van der Waals surface area contributed by atoms with E-state index in [4.69, 9.17) is 0 Å². The zero-order valence-corrected chi connectivity index (χ0v) is 8.67. The lowest BCUT2D eigenvalue weighted by Crippen LogP contribution is -2.49. The number of H-pyrrole nitrogens is 1. The molecule has 8 heteroatoms. The second kappa shape index (κ2) is 3.93. The van der Waals surface area contributed by atoms with Crippen molar-refractivity contribution >= 4 is 5.95 Å². The standard InChI is InChI=1S/C8H12F3N5/c1-5-4-16(3-2-12-5)7-13-6(14-15-7)8(9,10)11/h5,12H,2-4H2,1H3,(H,13,14,15). The summed E-state index contributed by atoms with van der Waals surface area (Å²) >= 11 is 0. The number of alkyl halides is 3. The van der Waals surface area contributed by atoms with Crippen molar-refractivity contribution < 1.29 is 13.2 Å². The molecule has 2 rings (SSSR count). The van der Waals surface area contributed by atoms with Gasteiger partial charge in [0.15, 0.2) is 0 Å². The Balaban J connectivity index is 2.12. The predicted octanol–water partition coefficient (Wildman–Crippen LogP) is 0.622. The van der Waals surface area contributed by atoms with Crippen LogP contribution in [-0.2, 0) is 6.18 Å². The molecule has 0 saturated carbocycles. The summed E-state index contributed by atoms with van der Waals surface area (Å²) in [7, 11) is 0. The van der Waals surface area contributed by atoms with Gasteiger partial charge in [-0.15, -0.1) is 5.10 Å². The molecule has 0 spiro atoms. The molecule has 1 saturated heterocycles. The summed E-state index contributed by atoms with van der Waals surface area (Å²) < 4.78 is 36.8. The van der Waals surface area contributed by atoms with Gasteiger partial charge in [0.2, 0.25) is 11.8 Å². The highest BCUT2D eigenvalue weighted by atomic mass is 19.4. The van der Waals surface area contributed by atoms with E-state index in [2.05, 4.69) is 15.4 Å². The van der Waals surface area contributed by atoms with Gasteiger partial charge in [-0.25, -0.2) is 0 Å². The first-order valence-electron chi connectivity index (χ1n) is 4.95. The highest BCUT2D eigenvalue weighted by Gasteiger charge is 2.36. The van der Waals surface area contributed by atoms with Crippen LogP contribution in [0.1, 0.15) is 12.7 Å². The first-order valence-corrected chi connectivity index (χ1v) is 4.95. The maximum absolute atomic E-state index is 12.3. The number of rotatable bonds is 1. The summed E-state index contributed by atoms with van der Waals surface area (Å²) in [5.41, 5.74) is 0. The number of hydrogen-bond donors (Lipinski definition) is 2.